The maximum Gasteiger partial charge on any atom is 0.127 e. The summed E-state index contributed by atoms with van der Waals surface area (Å²) in [5.74, 6) is 1.52. The molecule has 0 aliphatic heterocycles. The molecule has 0 amide bonds. The lowest BCUT2D eigenvalue weighted by Crippen LogP contribution is -2.39. The molecule has 0 aromatic carbocycles. The zero-order valence-electron chi connectivity index (χ0n) is 14.2. The zero-order chi connectivity index (χ0) is 16.1. The fourth-order valence-electron chi connectivity index (χ4n) is 2.06. The number of nitrogens with zero attached hydrogens (tertiary/aromatic N) is 2. The molecule has 1 atom stereocenters. The Bertz CT molecular complexity index is 319. The van der Waals surface area contributed by atoms with Gasteiger partial charge >= 0.3 is 0 Å². The largest absolute Gasteiger partial charge is 0.385 e. The third-order valence-corrected chi connectivity index (χ3v) is 3.27. The second-order valence-corrected chi connectivity index (χ2v) is 4.87. The number of methoxy groups -OCH3 is 2. The van der Waals surface area contributed by atoms with Crippen molar-refractivity contribution in [3.8, 4) is 0 Å². The van der Waals surface area contributed by atoms with Crippen molar-refractivity contribution in [1.29, 1.82) is 0 Å². The molecule has 0 saturated carbocycles. The maximum atomic E-state index is 6.00. The number of hydrogen-bond donors (Lipinski definition) is 2. The van der Waals surface area contributed by atoms with Crippen LogP contribution in [0.4, 0.5) is 0 Å². The quantitative estimate of drug-likeness (QED) is 0.341. The Morgan fingerprint density at radius 1 is 1.33 bits per heavy atom. The zero-order valence-corrected chi connectivity index (χ0v) is 14.2. The van der Waals surface area contributed by atoms with Gasteiger partial charge in [0.2, 0.25) is 0 Å². The van der Waals surface area contributed by atoms with Crippen molar-refractivity contribution in [2.45, 2.75) is 32.7 Å². The van der Waals surface area contributed by atoms with E-state index in [1.807, 2.05) is 6.08 Å². The van der Waals surface area contributed by atoms with E-state index >= 15 is 0 Å². The van der Waals surface area contributed by atoms with Crippen LogP contribution >= 0.6 is 0 Å². The van der Waals surface area contributed by atoms with E-state index in [0.717, 1.165) is 45.0 Å². The molecule has 124 valence electrons. The summed E-state index contributed by atoms with van der Waals surface area (Å²) in [7, 11) is 5.21. The van der Waals surface area contributed by atoms with Gasteiger partial charge in [0.05, 0.1) is 5.82 Å². The molecule has 0 aromatic heterocycles. The lowest BCUT2D eigenvalue weighted by molar-refractivity contribution is 0.169. The molecule has 0 spiro atoms. The van der Waals surface area contributed by atoms with Crippen LogP contribution in [0.3, 0.4) is 0 Å². The Balaban J connectivity index is 4.57. The van der Waals surface area contributed by atoms with Gasteiger partial charge in [-0.2, -0.15) is 0 Å². The molecule has 3 N–H and O–H groups in total. The molecule has 0 heterocycles. The minimum Gasteiger partial charge on any atom is -0.385 e. The Kier molecular flexibility index (Phi) is 11.7. The highest BCUT2D eigenvalue weighted by Crippen LogP contribution is 2.07. The highest BCUT2D eigenvalue weighted by Gasteiger charge is 2.14. The van der Waals surface area contributed by atoms with Gasteiger partial charge in [0.25, 0.3) is 0 Å². The molecule has 6 nitrogen and oxygen atoms in total. The fraction of sp³-hybridized carbons (Fsp3) is 0.800. The summed E-state index contributed by atoms with van der Waals surface area (Å²) in [5.41, 5.74) is 6.00. The third-order valence-electron chi connectivity index (χ3n) is 3.27. The van der Waals surface area contributed by atoms with Crippen LogP contribution in [-0.2, 0) is 9.47 Å². The summed E-state index contributed by atoms with van der Waals surface area (Å²) in [6.07, 6.45) is 3.77. The van der Waals surface area contributed by atoms with E-state index in [0.29, 0.717) is 11.9 Å². The first-order valence-corrected chi connectivity index (χ1v) is 7.52. The molecule has 6 heteroatoms. The SMILES string of the molecule is CCN(C(/C=C(\N)NCCCOC)=N/C)C(C)CCOC. The number of nitrogens with two attached hydrogens (primary N) is 1. The van der Waals surface area contributed by atoms with E-state index in [1.54, 1.807) is 21.3 Å². The molecule has 0 fully saturated rings. The number of ether oxygens (including phenoxy) is 2. The highest BCUT2D eigenvalue weighted by atomic mass is 16.5. The topological polar surface area (TPSA) is 72.1 Å². The van der Waals surface area contributed by atoms with Crippen molar-refractivity contribution in [3.63, 3.8) is 0 Å². The lowest BCUT2D eigenvalue weighted by atomic mass is 10.2. The van der Waals surface area contributed by atoms with Gasteiger partial charge < -0.3 is 25.4 Å². The van der Waals surface area contributed by atoms with Crippen molar-refractivity contribution in [3.05, 3.63) is 11.9 Å². The van der Waals surface area contributed by atoms with E-state index in [1.165, 1.54) is 0 Å². The Morgan fingerprint density at radius 2 is 2.00 bits per heavy atom. The van der Waals surface area contributed by atoms with E-state index < -0.39 is 0 Å². The van der Waals surface area contributed by atoms with E-state index in [4.69, 9.17) is 15.2 Å². The van der Waals surface area contributed by atoms with Gasteiger partial charge in [-0.25, -0.2) is 0 Å². The molecule has 0 aliphatic rings. The summed E-state index contributed by atoms with van der Waals surface area (Å²) in [4.78, 5) is 6.58. The molecule has 0 bridgehead atoms. The van der Waals surface area contributed by atoms with Crippen LogP contribution in [0.1, 0.15) is 26.7 Å². The summed E-state index contributed by atoms with van der Waals surface area (Å²) in [5, 5.41) is 3.17. The fourth-order valence-corrected chi connectivity index (χ4v) is 2.06. The van der Waals surface area contributed by atoms with Crippen LogP contribution in [0.15, 0.2) is 16.9 Å². The molecular weight excluding hydrogens is 268 g/mol. The van der Waals surface area contributed by atoms with E-state index in [2.05, 4.69) is 29.1 Å². The molecule has 0 radical (unpaired) electrons. The van der Waals surface area contributed by atoms with Crippen LogP contribution in [0.5, 0.6) is 0 Å². The monoisotopic (exact) mass is 300 g/mol. The number of hydrogen-bond acceptors (Lipinski definition) is 5. The van der Waals surface area contributed by atoms with E-state index in [-0.39, 0.29) is 0 Å². The van der Waals surface area contributed by atoms with Crippen molar-refractivity contribution < 1.29 is 9.47 Å². The summed E-state index contributed by atoms with van der Waals surface area (Å²) < 4.78 is 10.2. The molecule has 21 heavy (non-hydrogen) atoms. The molecule has 0 saturated heterocycles. The Morgan fingerprint density at radius 3 is 2.52 bits per heavy atom. The smallest absolute Gasteiger partial charge is 0.127 e. The molecule has 0 rings (SSSR count). The first-order valence-electron chi connectivity index (χ1n) is 7.52. The van der Waals surface area contributed by atoms with Gasteiger partial charge in [-0.3, -0.25) is 4.99 Å². The van der Waals surface area contributed by atoms with Crippen LogP contribution < -0.4 is 11.1 Å². The minimum atomic E-state index is 0.353. The second-order valence-electron chi connectivity index (χ2n) is 4.87. The Hall–Kier alpha value is -1.27. The average molecular weight is 300 g/mol. The molecule has 1 unspecified atom stereocenters. The van der Waals surface area contributed by atoms with Gasteiger partial charge in [0.15, 0.2) is 0 Å². The van der Waals surface area contributed by atoms with Crippen LogP contribution in [-0.4, -0.2) is 64.3 Å². The third kappa shape index (κ3) is 8.57. The normalized spacial score (nSPS) is 14.1. The number of likely N-dealkylation sites (N-methyl/N-ethyl adjacent to an activating group) is 1. The second kappa shape index (κ2) is 12.5. The number of aliphatic imine (C=N–C) groups is 1. The van der Waals surface area contributed by atoms with Gasteiger partial charge in [0, 0.05) is 59.7 Å². The van der Waals surface area contributed by atoms with Crippen molar-refractivity contribution >= 4 is 5.84 Å². The maximum absolute atomic E-state index is 6.00. The first kappa shape index (κ1) is 19.7. The number of amidine groups is 1. The lowest BCUT2D eigenvalue weighted by Gasteiger charge is -2.30. The summed E-state index contributed by atoms with van der Waals surface area (Å²) in [6, 6.07) is 0.353. The molecule has 0 aromatic rings. The van der Waals surface area contributed by atoms with E-state index in [9.17, 15) is 0 Å². The van der Waals surface area contributed by atoms with Gasteiger partial charge in [-0.15, -0.1) is 0 Å². The van der Waals surface area contributed by atoms with Crippen molar-refractivity contribution in [2.24, 2.45) is 10.7 Å². The summed E-state index contributed by atoms with van der Waals surface area (Å²) >= 11 is 0. The van der Waals surface area contributed by atoms with Crippen molar-refractivity contribution in [2.75, 3.05) is 47.6 Å². The van der Waals surface area contributed by atoms with Crippen LogP contribution in [0.25, 0.3) is 0 Å². The summed E-state index contributed by atoms with van der Waals surface area (Å²) in [6.45, 7) is 7.42. The van der Waals surface area contributed by atoms with Gasteiger partial charge in [-0.05, 0) is 26.7 Å². The Labute approximate surface area is 129 Å². The van der Waals surface area contributed by atoms with Crippen LogP contribution in [0.2, 0.25) is 0 Å². The first-order chi connectivity index (χ1) is 10.1. The average Bonchev–Trinajstić information content (AvgIpc) is 2.49. The van der Waals surface area contributed by atoms with Crippen molar-refractivity contribution in [1.82, 2.24) is 10.2 Å². The predicted molar refractivity (Wildman–Crippen MR) is 88.5 cm³/mol. The van der Waals surface area contributed by atoms with Gasteiger partial charge in [-0.1, -0.05) is 0 Å². The predicted octanol–water partition coefficient (Wildman–Crippen LogP) is 1.19. The highest BCUT2D eigenvalue weighted by molar-refractivity contribution is 5.93. The van der Waals surface area contributed by atoms with Gasteiger partial charge in [0.1, 0.15) is 5.84 Å². The molecular formula is C15H32N4O2. The molecule has 0 aliphatic carbocycles. The number of nitrogens with one attached hydrogen (secondary N) is 1. The van der Waals surface area contributed by atoms with Crippen LogP contribution in [0, 0.1) is 0 Å². The standard InChI is InChI=1S/C15H32N4O2/c1-6-19(13(2)8-11-21-5)15(17-3)12-14(16)18-9-7-10-20-4/h12-13,18H,6-11,16H2,1-5H3/b14-12+,17-15+. The minimum absolute atomic E-state index is 0.353. The number of rotatable bonds is 11.